The lowest BCUT2D eigenvalue weighted by atomic mass is 9.95. The molecule has 17 heavy (non-hydrogen) atoms. The zero-order valence-corrected chi connectivity index (χ0v) is 10.6. The van der Waals surface area contributed by atoms with Crippen molar-refractivity contribution in [3.8, 4) is 0 Å². The summed E-state index contributed by atoms with van der Waals surface area (Å²) in [5, 5.41) is 3.01. The van der Waals surface area contributed by atoms with Gasteiger partial charge in [-0.05, 0) is 25.8 Å². The third-order valence-electron chi connectivity index (χ3n) is 3.20. The van der Waals surface area contributed by atoms with Crippen LogP contribution in [0.25, 0.3) is 0 Å². The fraction of sp³-hybridized carbons (Fsp3) is 0.500. The Balaban J connectivity index is 2.90. The molecule has 0 aliphatic rings. The maximum Gasteiger partial charge on any atom is 0.255 e. The van der Waals surface area contributed by atoms with Crippen molar-refractivity contribution < 1.29 is 4.79 Å². The van der Waals surface area contributed by atoms with Gasteiger partial charge in [-0.2, -0.15) is 0 Å². The zero-order chi connectivity index (χ0) is 12.9. The van der Waals surface area contributed by atoms with Gasteiger partial charge in [-0.3, -0.25) is 15.6 Å². The second-order valence-corrected chi connectivity index (χ2v) is 4.29. The van der Waals surface area contributed by atoms with E-state index in [9.17, 15) is 4.79 Å². The Morgan fingerprint density at radius 1 is 1.47 bits per heavy atom. The summed E-state index contributed by atoms with van der Waals surface area (Å²) < 4.78 is 0. The summed E-state index contributed by atoms with van der Waals surface area (Å²) in [6, 6.07) is 1.67. The van der Waals surface area contributed by atoms with E-state index in [4.69, 9.17) is 5.84 Å². The van der Waals surface area contributed by atoms with Gasteiger partial charge in [-0.1, -0.05) is 13.8 Å². The first-order valence-electron chi connectivity index (χ1n) is 5.79. The summed E-state index contributed by atoms with van der Waals surface area (Å²) in [4.78, 5) is 16.1. The SMILES string of the molecule is CCC(C)(CC)NC(=O)c1cnccc1NN. The van der Waals surface area contributed by atoms with Crippen LogP contribution in [-0.2, 0) is 0 Å². The average molecular weight is 236 g/mol. The molecule has 1 aromatic rings. The Morgan fingerprint density at radius 3 is 2.65 bits per heavy atom. The Labute approximate surface area is 102 Å². The van der Waals surface area contributed by atoms with E-state index in [2.05, 4.69) is 29.6 Å². The lowest BCUT2D eigenvalue weighted by Crippen LogP contribution is -2.45. The topological polar surface area (TPSA) is 80.0 Å². The molecule has 4 N–H and O–H groups in total. The van der Waals surface area contributed by atoms with E-state index in [0.29, 0.717) is 11.3 Å². The molecule has 1 amide bonds. The lowest BCUT2D eigenvalue weighted by Gasteiger charge is -2.28. The van der Waals surface area contributed by atoms with Gasteiger partial charge in [0.1, 0.15) is 0 Å². The highest BCUT2D eigenvalue weighted by molar-refractivity contribution is 5.99. The summed E-state index contributed by atoms with van der Waals surface area (Å²) in [5.74, 6) is 5.20. The molecule has 1 heterocycles. The summed E-state index contributed by atoms with van der Waals surface area (Å²) in [6.45, 7) is 6.13. The highest BCUT2D eigenvalue weighted by atomic mass is 16.1. The Kier molecular flexibility index (Phi) is 4.45. The minimum absolute atomic E-state index is 0.155. The van der Waals surface area contributed by atoms with Crippen molar-refractivity contribution >= 4 is 11.6 Å². The summed E-state index contributed by atoms with van der Waals surface area (Å²) in [6.07, 6.45) is 4.85. The number of hydrogen-bond donors (Lipinski definition) is 3. The minimum Gasteiger partial charge on any atom is -0.347 e. The maximum atomic E-state index is 12.1. The number of aromatic nitrogens is 1. The number of rotatable bonds is 5. The van der Waals surface area contributed by atoms with E-state index in [1.54, 1.807) is 12.3 Å². The quantitative estimate of drug-likeness (QED) is 0.536. The van der Waals surface area contributed by atoms with Crippen molar-refractivity contribution in [2.45, 2.75) is 39.2 Å². The molecule has 0 atom stereocenters. The van der Waals surface area contributed by atoms with E-state index >= 15 is 0 Å². The van der Waals surface area contributed by atoms with E-state index in [1.807, 2.05) is 6.92 Å². The number of nitrogens with one attached hydrogen (secondary N) is 2. The average Bonchev–Trinajstić information content (AvgIpc) is 2.38. The molecule has 94 valence electrons. The molecule has 5 heteroatoms. The van der Waals surface area contributed by atoms with Crippen molar-refractivity contribution in [2.24, 2.45) is 5.84 Å². The number of carbonyl (C=O) groups is 1. The largest absolute Gasteiger partial charge is 0.347 e. The number of nitrogens with two attached hydrogens (primary N) is 1. The summed E-state index contributed by atoms with van der Waals surface area (Å²) in [5.41, 5.74) is 3.34. The van der Waals surface area contributed by atoms with Crippen molar-refractivity contribution in [3.05, 3.63) is 24.0 Å². The normalized spacial score (nSPS) is 11.1. The van der Waals surface area contributed by atoms with Crippen LogP contribution in [0.1, 0.15) is 44.0 Å². The smallest absolute Gasteiger partial charge is 0.255 e. The van der Waals surface area contributed by atoms with Crippen molar-refractivity contribution in [1.82, 2.24) is 10.3 Å². The van der Waals surface area contributed by atoms with Gasteiger partial charge >= 0.3 is 0 Å². The summed E-state index contributed by atoms with van der Waals surface area (Å²) in [7, 11) is 0. The number of nitrogen functional groups attached to an aromatic ring is 1. The van der Waals surface area contributed by atoms with Crippen molar-refractivity contribution in [3.63, 3.8) is 0 Å². The van der Waals surface area contributed by atoms with E-state index < -0.39 is 0 Å². The van der Waals surface area contributed by atoms with Gasteiger partial charge in [0.15, 0.2) is 0 Å². The number of amides is 1. The second-order valence-electron chi connectivity index (χ2n) is 4.29. The molecule has 0 aromatic carbocycles. The van der Waals surface area contributed by atoms with Gasteiger partial charge in [0.05, 0.1) is 11.3 Å². The molecule has 0 unspecified atom stereocenters. The van der Waals surface area contributed by atoms with E-state index in [0.717, 1.165) is 12.8 Å². The zero-order valence-electron chi connectivity index (χ0n) is 10.6. The van der Waals surface area contributed by atoms with Crippen LogP contribution in [0.4, 0.5) is 5.69 Å². The molecule has 1 aromatic heterocycles. The van der Waals surface area contributed by atoms with Crippen LogP contribution in [-0.4, -0.2) is 16.4 Å². The van der Waals surface area contributed by atoms with E-state index in [-0.39, 0.29) is 11.4 Å². The van der Waals surface area contributed by atoms with Crippen LogP contribution in [0.3, 0.4) is 0 Å². The third-order valence-corrected chi connectivity index (χ3v) is 3.20. The molecule has 0 aliphatic carbocycles. The first kappa shape index (κ1) is 13.4. The van der Waals surface area contributed by atoms with Crippen molar-refractivity contribution in [2.75, 3.05) is 5.43 Å². The number of pyridine rings is 1. The first-order chi connectivity index (χ1) is 8.06. The molecule has 0 aliphatic heterocycles. The molecule has 0 saturated heterocycles. The number of carbonyl (C=O) groups excluding carboxylic acids is 1. The number of anilines is 1. The van der Waals surface area contributed by atoms with Gasteiger partial charge in [-0.25, -0.2) is 0 Å². The lowest BCUT2D eigenvalue weighted by molar-refractivity contribution is 0.0901. The van der Waals surface area contributed by atoms with Gasteiger partial charge in [-0.15, -0.1) is 0 Å². The predicted octanol–water partition coefficient (Wildman–Crippen LogP) is 1.68. The number of nitrogens with zero attached hydrogens (tertiary/aromatic N) is 1. The fourth-order valence-corrected chi connectivity index (χ4v) is 1.47. The molecule has 5 nitrogen and oxygen atoms in total. The van der Waals surface area contributed by atoms with Crippen LogP contribution < -0.4 is 16.6 Å². The Hall–Kier alpha value is -1.62. The van der Waals surface area contributed by atoms with Gasteiger partial charge in [0.2, 0.25) is 0 Å². The third kappa shape index (κ3) is 3.17. The number of hydrazine groups is 1. The van der Waals surface area contributed by atoms with Gasteiger partial charge in [0, 0.05) is 17.9 Å². The predicted molar refractivity (Wildman–Crippen MR) is 68.5 cm³/mol. The van der Waals surface area contributed by atoms with Crippen molar-refractivity contribution in [1.29, 1.82) is 0 Å². The van der Waals surface area contributed by atoms with Crippen LogP contribution >= 0.6 is 0 Å². The van der Waals surface area contributed by atoms with Crippen LogP contribution in [0.2, 0.25) is 0 Å². The summed E-state index contributed by atoms with van der Waals surface area (Å²) >= 11 is 0. The fourth-order valence-electron chi connectivity index (χ4n) is 1.47. The number of hydrogen-bond acceptors (Lipinski definition) is 4. The molecule has 0 bridgehead atoms. The van der Waals surface area contributed by atoms with Gasteiger partial charge in [0.25, 0.3) is 5.91 Å². The molecular weight excluding hydrogens is 216 g/mol. The molecule has 1 rings (SSSR count). The Morgan fingerprint density at radius 2 is 2.12 bits per heavy atom. The Bertz CT molecular complexity index is 388. The van der Waals surface area contributed by atoms with Crippen LogP contribution in [0, 0.1) is 0 Å². The molecule has 0 spiro atoms. The molecular formula is C12H20N4O. The second kappa shape index (κ2) is 5.63. The highest BCUT2D eigenvalue weighted by Crippen LogP contribution is 2.17. The van der Waals surface area contributed by atoms with Crippen LogP contribution in [0.15, 0.2) is 18.5 Å². The van der Waals surface area contributed by atoms with Gasteiger partial charge < -0.3 is 10.7 Å². The van der Waals surface area contributed by atoms with Crippen LogP contribution in [0.5, 0.6) is 0 Å². The molecule has 0 saturated carbocycles. The molecule has 0 fully saturated rings. The molecule has 0 radical (unpaired) electrons. The first-order valence-corrected chi connectivity index (χ1v) is 5.79. The monoisotopic (exact) mass is 236 g/mol. The standard InChI is InChI=1S/C12H20N4O/c1-4-12(3,5-2)15-11(17)9-8-14-7-6-10(9)16-13/h6-8H,4-5,13H2,1-3H3,(H,14,16)(H,15,17). The minimum atomic E-state index is -0.196. The maximum absolute atomic E-state index is 12.1. The van der Waals surface area contributed by atoms with E-state index in [1.165, 1.54) is 6.20 Å². The highest BCUT2D eigenvalue weighted by Gasteiger charge is 2.23.